The summed E-state index contributed by atoms with van der Waals surface area (Å²) in [6.07, 6.45) is 1.60. The van der Waals surface area contributed by atoms with Gasteiger partial charge in [0.1, 0.15) is 5.69 Å². The summed E-state index contributed by atoms with van der Waals surface area (Å²) in [5, 5.41) is 4.36. The summed E-state index contributed by atoms with van der Waals surface area (Å²) in [5.41, 5.74) is 7.25. The van der Waals surface area contributed by atoms with Crippen molar-refractivity contribution >= 4 is 0 Å². The molecule has 0 bridgehead atoms. The number of ether oxygens (including phenoxy) is 2. The molecule has 0 spiro atoms. The molecular formula is C14H27N3O2. The number of nitrogens with zero attached hydrogens (tertiary/aromatic N) is 2. The van der Waals surface area contributed by atoms with E-state index < -0.39 is 0 Å². The van der Waals surface area contributed by atoms with Gasteiger partial charge in [0.2, 0.25) is 0 Å². The van der Waals surface area contributed by atoms with E-state index in [9.17, 15) is 0 Å². The van der Waals surface area contributed by atoms with E-state index in [0.29, 0.717) is 5.75 Å². The zero-order valence-electron chi connectivity index (χ0n) is 13.1. The Morgan fingerprint density at radius 2 is 1.84 bits per heavy atom. The lowest BCUT2D eigenvalue weighted by Crippen LogP contribution is -2.40. The van der Waals surface area contributed by atoms with Gasteiger partial charge < -0.3 is 15.2 Å². The number of aromatic nitrogens is 2. The Morgan fingerprint density at radius 1 is 1.26 bits per heavy atom. The van der Waals surface area contributed by atoms with E-state index in [4.69, 9.17) is 15.2 Å². The van der Waals surface area contributed by atoms with Crippen molar-refractivity contribution in [2.45, 2.75) is 52.8 Å². The highest BCUT2D eigenvalue weighted by atomic mass is 16.5. The third-order valence-electron chi connectivity index (χ3n) is 3.26. The smallest absolute Gasteiger partial charge is 0.161 e. The first-order valence-corrected chi connectivity index (χ1v) is 6.63. The molecule has 1 aromatic heterocycles. The zero-order valence-corrected chi connectivity index (χ0v) is 13.1. The Hall–Kier alpha value is -1.07. The van der Waals surface area contributed by atoms with Crippen LogP contribution < -0.4 is 10.5 Å². The first-order valence-electron chi connectivity index (χ1n) is 6.63. The van der Waals surface area contributed by atoms with Gasteiger partial charge in [-0.1, -0.05) is 20.8 Å². The lowest BCUT2D eigenvalue weighted by Gasteiger charge is -2.34. The van der Waals surface area contributed by atoms with Gasteiger partial charge in [0.05, 0.1) is 25.5 Å². The van der Waals surface area contributed by atoms with Crippen LogP contribution in [0.4, 0.5) is 0 Å². The Labute approximate surface area is 116 Å². The maximum Gasteiger partial charge on any atom is 0.161 e. The van der Waals surface area contributed by atoms with Crippen LogP contribution in [0.5, 0.6) is 5.75 Å². The molecule has 2 atom stereocenters. The van der Waals surface area contributed by atoms with E-state index >= 15 is 0 Å². The summed E-state index contributed by atoms with van der Waals surface area (Å²) in [4.78, 5) is 0. The normalized spacial score (nSPS) is 15.6. The Bertz CT molecular complexity index is 407. The molecule has 1 heterocycles. The molecule has 0 aromatic carbocycles. The fourth-order valence-electron chi connectivity index (χ4n) is 2.42. The summed E-state index contributed by atoms with van der Waals surface area (Å²) < 4.78 is 12.9. The molecule has 19 heavy (non-hydrogen) atoms. The highest BCUT2D eigenvalue weighted by Gasteiger charge is 2.35. The second-order valence-corrected chi connectivity index (χ2v) is 6.18. The molecule has 2 N–H and O–H groups in total. The maximum absolute atomic E-state index is 6.43. The highest BCUT2D eigenvalue weighted by molar-refractivity contribution is 5.29. The molecule has 1 aromatic rings. The van der Waals surface area contributed by atoms with Crippen LogP contribution in [0.15, 0.2) is 6.20 Å². The molecule has 0 radical (unpaired) electrons. The van der Waals surface area contributed by atoms with E-state index in [1.165, 1.54) is 0 Å². The predicted octanol–water partition coefficient (Wildman–Crippen LogP) is 2.53. The fraction of sp³-hybridized carbons (Fsp3) is 0.786. The van der Waals surface area contributed by atoms with Crippen molar-refractivity contribution in [2.24, 2.45) is 11.1 Å². The van der Waals surface area contributed by atoms with E-state index in [2.05, 4.69) is 39.7 Å². The van der Waals surface area contributed by atoms with Crippen molar-refractivity contribution in [1.82, 2.24) is 9.78 Å². The lowest BCUT2D eigenvalue weighted by molar-refractivity contribution is -0.00499. The van der Waals surface area contributed by atoms with Crippen molar-refractivity contribution in [3.05, 3.63) is 11.9 Å². The van der Waals surface area contributed by atoms with E-state index in [-0.39, 0.29) is 23.6 Å². The van der Waals surface area contributed by atoms with Crippen molar-refractivity contribution in [2.75, 3.05) is 14.2 Å². The van der Waals surface area contributed by atoms with Gasteiger partial charge in [-0.15, -0.1) is 0 Å². The molecule has 0 aliphatic rings. The van der Waals surface area contributed by atoms with Crippen molar-refractivity contribution in [3.63, 3.8) is 0 Å². The van der Waals surface area contributed by atoms with Gasteiger partial charge in [-0.25, -0.2) is 0 Å². The number of methoxy groups -OCH3 is 2. The zero-order chi connectivity index (χ0) is 14.8. The van der Waals surface area contributed by atoms with Gasteiger partial charge in [-0.05, 0) is 19.3 Å². The van der Waals surface area contributed by atoms with Gasteiger partial charge in [0.15, 0.2) is 5.75 Å². The molecule has 0 saturated heterocycles. The second kappa shape index (κ2) is 5.92. The Morgan fingerprint density at radius 3 is 2.21 bits per heavy atom. The van der Waals surface area contributed by atoms with Gasteiger partial charge in [0, 0.05) is 13.2 Å². The number of hydrogen-bond acceptors (Lipinski definition) is 4. The molecule has 2 unspecified atom stereocenters. The topological polar surface area (TPSA) is 62.3 Å². The van der Waals surface area contributed by atoms with Crippen LogP contribution in [0.1, 0.15) is 52.4 Å². The molecular weight excluding hydrogens is 242 g/mol. The second-order valence-electron chi connectivity index (χ2n) is 6.18. The van der Waals surface area contributed by atoms with Gasteiger partial charge in [-0.2, -0.15) is 5.10 Å². The van der Waals surface area contributed by atoms with Crippen LogP contribution in [0.2, 0.25) is 0 Å². The van der Waals surface area contributed by atoms with Crippen molar-refractivity contribution in [3.8, 4) is 5.75 Å². The van der Waals surface area contributed by atoms with Crippen LogP contribution in [0.3, 0.4) is 0 Å². The summed E-state index contributed by atoms with van der Waals surface area (Å²) in [6.45, 7) is 10.5. The summed E-state index contributed by atoms with van der Waals surface area (Å²) in [7, 11) is 3.33. The average Bonchev–Trinajstić information content (AvgIpc) is 2.71. The summed E-state index contributed by atoms with van der Waals surface area (Å²) in [6, 6.07) is -0.0627. The highest BCUT2D eigenvalue weighted by Crippen LogP contribution is 2.35. The maximum atomic E-state index is 6.43. The monoisotopic (exact) mass is 269 g/mol. The van der Waals surface area contributed by atoms with E-state index in [1.54, 1.807) is 20.4 Å². The minimum atomic E-state index is -0.287. The van der Waals surface area contributed by atoms with E-state index in [0.717, 1.165) is 5.69 Å². The average molecular weight is 269 g/mol. The Kier molecular flexibility index (Phi) is 4.98. The quantitative estimate of drug-likeness (QED) is 0.892. The lowest BCUT2D eigenvalue weighted by atomic mass is 9.83. The van der Waals surface area contributed by atoms with Crippen LogP contribution in [0.25, 0.3) is 0 Å². The molecule has 0 aliphatic carbocycles. The molecule has 110 valence electrons. The van der Waals surface area contributed by atoms with Gasteiger partial charge in [0.25, 0.3) is 0 Å². The molecule has 0 amide bonds. The molecule has 5 nitrogen and oxygen atoms in total. The molecule has 1 rings (SSSR count). The van der Waals surface area contributed by atoms with E-state index in [1.807, 2.05) is 4.68 Å². The van der Waals surface area contributed by atoms with Crippen LogP contribution >= 0.6 is 0 Å². The minimum Gasteiger partial charge on any atom is -0.493 e. The summed E-state index contributed by atoms with van der Waals surface area (Å²) >= 11 is 0. The standard InChI is InChI=1S/C14H27N3O2/c1-9(2)17-12(10(18-6)8-16-17)11(15)13(19-7)14(3,4)5/h8-9,11,13H,15H2,1-7H3. The number of rotatable bonds is 5. The van der Waals surface area contributed by atoms with Crippen molar-refractivity contribution in [1.29, 1.82) is 0 Å². The predicted molar refractivity (Wildman–Crippen MR) is 76.3 cm³/mol. The third kappa shape index (κ3) is 3.28. The summed E-state index contributed by atoms with van der Waals surface area (Å²) in [5.74, 6) is 0.715. The van der Waals surface area contributed by atoms with Crippen LogP contribution in [0, 0.1) is 5.41 Å². The molecule has 0 saturated carbocycles. The number of nitrogens with two attached hydrogens (primary N) is 1. The Balaban J connectivity index is 3.23. The first-order chi connectivity index (χ1) is 8.73. The first kappa shape index (κ1) is 16.0. The largest absolute Gasteiger partial charge is 0.493 e. The molecule has 0 aliphatic heterocycles. The fourth-order valence-corrected chi connectivity index (χ4v) is 2.42. The molecule has 5 heteroatoms. The van der Waals surface area contributed by atoms with Crippen LogP contribution in [-0.4, -0.2) is 30.1 Å². The van der Waals surface area contributed by atoms with Gasteiger partial charge in [-0.3, -0.25) is 4.68 Å². The molecule has 0 fully saturated rings. The van der Waals surface area contributed by atoms with Gasteiger partial charge >= 0.3 is 0 Å². The van der Waals surface area contributed by atoms with Crippen molar-refractivity contribution < 1.29 is 9.47 Å². The van der Waals surface area contributed by atoms with Crippen LogP contribution in [-0.2, 0) is 4.74 Å². The third-order valence-corrected chi connectivity index (χ3v) is 3.26. The minimum absolute atomic E-state index is 0.0642. The number of hydrogen-bond donors (Lipinski definition) is 1. The SMILES string of the molecule is COc1cnn(C(C)C)c1C(N)C(OC)C(C)(C)C.